The van der Waals surface area contributed by atoms with Crippen molar-refractivity contribution in [3.05, 3.63) is 60.0 Å². The lowest BCUT2D eigenvalue weighted by Gasteiger charge is -2.23. The van der Waals surface area contributed by atoms with E-state index in [1.807, 2.05) is 43.5 Å². The van der Waals surface area contributed by atoms with E-state index >= 15 is 0 Å². The highest BCUT2D eigenvalue weighted by Crippen LogP contribution is 2.39. The number of rotatable bonds is 5. The van der Waals surface area contributed by atoms with Crippen molar-refractivity contribution in [3.63, 3.8) is 0 Å². The number of aromatic nitrogens is 4. The lowest BCUT2D eigenvalue weighted by Crippen LogP contribution is -2.12. The number of benzene rings is 1. The van der Waals surface area contributed by atoms with Gasteiger partial charge >= 0.3 is 0 Å². The van der Waals surface area contributed by atoms with Crippen molar-refractivity contribution in [2.24, 2.45) is 0 Å². The molecule has 28 heavy (non-hydrogen) atoms. The van der Waals surface area contributed by atoms with Crippen molar-refractivity contribution >= 4 is 11.3 Å². The minimum Gasteiger partial charge on any atom is -0.487 e. The molecule has 7 nitrogen and oxygen atoms in total. The summed E-state index contributed by atoms with van der Waals surface area (Å²) < 4.78 is 13.1. The molecular weight excluding hydrogens is 354 g/mol. The van der Waals surface area contributed by atoms with Crippen LogP contribution in [-0.2, 0) is 6.61 Å². The fourth-order valence-corrected chi connectivity index (χ4v) is 3.62. The molecule has 0 amide bonds. The SMILES string of the molecule is Cc1cc(COc2cccc(-c3nc(C4CCC4)n4ccnc(N)c34)c2)no1. The van der Waals surface area contributed by atoms with E-state index in [0.717, 1.165) is 39.8 Å². The summed E-state index contributed by atoms with van der Waals surface area (Å²) in [6.45, 7) is 2.21. The maximum Gasteiger partial charge on any atom is 0.150 e. The Kier molecular flexibility index (Phi) is 4.00. The minimum atomic E-state index is 0.349. The Morgan fingerprint density at radius 3 is 2.93 bits per heavy atom. The molecule has 0 bridgehead atoms. The van der Waals surface area contributed by atoms with E-state index in [-0.39, 0.29) is 0 Å². The summed E-state index contributed by atoms with van der Waals surface area (Å²) in [4.78, 5) is 9.24. The number of nitrogen functional groups attached to an aromatic ring is 1. The summed E-state index contributed by atoms with van der Waals surface area (Å²) in [7, 11) is 0. The quantitative estimate of drug-likeness (QED) is 0.564. The number of anilines is 1. The monoisotopic (exact) mass is 375 g/mol. The van der Waals surface area contributed by atoms with Crippen molar-refractivity contribution in [1.82, 2.24) is 19.5 Å². The Labute approximate surface area is 162 Å². The number of nitrogens with zero attached hydrogens (tertiary/aromatic N) is 4. The summed E-state index contributed by atoms with van der Waals surface area (Å²) in [5.74, 6) is 3.54. The van der Waals surface area contributed by atoms with Gasteiger partial charge in [0.15, 0.2) is 0 Å². The normalized spacial score (nSPS) is 14.3. The summed E-state index contributed by atoms with van der Waals surface area (Å²) in [5, 5.41) is 3.96. The minimum absolute atomic E-state index is 0.349. The van der Waals surface area contributed by atoms with Gasteiger partial charge in [0.25, 0.3) is 0 Å². The number of nitrogens with two attached hydrogens (primary N) is 1. The van der Waals surface area contributed by atoms with E-state index in [0.29, 0.717) is 18.3 Å². The van der Waals surface area contributed by atoms with Gasteiger partial charge in [-0.15, -0.1) is 0 Å². The maximum atomic E-state index is 6.22. The average Bonchev–Trinajstić information content (AvgIpc) is 3.24. The molecule has 1 aliphatic carbocycles. The van der Waals surface area contributed by atoms with Crippen LogP contribution in [0.2, 0.25) is 0 Å². The van der Waals surface area contributed by atoms with Crippen LogP contribution < -0.4 is 10.5 Å². The Balaban J connectivity index is 1.51. The summed E-state index contributed by atoms with van der Waals surface area (Å²) in [6, 6.07) is 9.74. The lowest BCUT2D eigenvalue weighted by atomic mass is 9.85. The lowest BCUT2D eigenvalue weighted by molar-refractivity contribution is 0.288. The van der Waals surface area contributed by atoms with Crippen LogP contribution in [0.25, 0.3) is 16.8 Å². The number of ether oxygens (including phenoxy) is 1. The van der Waals surface area contributed by atoms with Gasteiger partial charge in [0.05, 0.1) is 0 Å². The molecule has 7 heteroatoms. The van der Waals surface area contributed by atoms with Gasteiger partial charge in [-0.1, -0.05) is 23.7 Å². The second-order valence-electron chi connectivity index (χ2n) is 7.22. The molecule has 0 radical (unpaired) electrons. The number of aryl methyl sites for hydroxylation is 1. The summed E-state index contributed by atoms with van der Waals surface area (Å²) in [5.41, 5.74) is 9.63. The zero-order valence-electron chi connectivity index (χ0n) is 15.6. The molecular formula is C21H21N5O2. The Morgan fingerprint density at radius 1 is 1.29 bits per heavy atom. The van der Waals surface area contributed by atoms with Crippen LogP contribution in [-0.4, -0.2) is 19.5 Å². The highest BCUT2D eigenvalue weighted by atomic mass is 16.5. The highest BCUT2D eigenvalue weighted by molar-refractivity contribution is 5.85. The Bertz CT molecular complexity index is 1140. The van der Waals surface area contributed by atoms with Gasteiger partial charge in [-0.3, -0.25) is 4.40 Å². The van der Waals surface area contributed by atoms with E-state index < -0.39 is 0 Å². The summed E-state index contributed by atoms with van der Waals surface area (Å²) >= 11 is 0. The molecule has 1 aromatic carbocycles. The number of imidazole rings is 1. The van der Waals surface area contributed by atoms with Crippen LogP contribution in [0.1, 0.15) is 42.5 Å². The van der Waals surface area contributed by atoms with Gasteiger partial charge in [-0.05, 0) is 31.9 Å². The predicted molar refractivity (Wildman–Crippen MR) is 105 cm³/mol. The largest absolute Gasteiger partial charge is 0.487 e. The fraction of sp³-hybridized carbons (Fsp3) is 0.286. The van der Waals surface area contributed by atoms with E-state index in [2.05, 4.69) is 14.5 Å². The highest BCUT2D eigenvalue weighted by Gasteiger charge is 2.26. The van der Waals surface area contributed by atoms with Crippen molar-refractivity contribution in [2.45, 2.75) is 38.7 Å². The topological polar surface area (TPSA) is 91.5 Å². The van der Waals surface area contributed by atoms with E-state index in [1.54, 1.807) is 6.20 Å². The standard InChI is InChI=1S/C21H21N5O2/c1-13-10-16(25-28-13)12-27-17-7-3-6-15(11-17)18-19-20(22)23-8-9-26(19)21(24-18)14-4-2-5-14/h3,6-11,14H,2,4-5,12H2,1H3,(H2,22,23). The number of hydrogen-bond acceptors (Lipinski definition) is 6. The number of hydrogen-bond donors (Lipinski definition) is 1. The zero-order chi connectivity index (χ0) is 19.1. The number of fused-ring (bicyclic) bond motifs is 1. The molecule has 2 N–H and O–H groups in total. The predicted octanol–water partition coefficient (Wildman–Crippen LogP) is 4.12. The van der Waals surface area contributed by atoms with Gasteiger partial charge < -0.3 is 15.0 Å². The van der Waals surface area contributed by atoms with E-state index in [9.17, 15) is 0 Å². The van der Waals surface area contributed by atoms with Crippen LogP contribution in [0.3, 0.4) is 0 Å². The second-order valence-corrected chi connectivity index (χ2v) is 7.22. The molecule has 0 spiro atoms. The first kappa shape index (κ1) is 16.8. The molecule has 0 saturated heterocycles. The zero-order valence-corrected chi connectivity index (χ0v) is 15.6. The van der Waals surface area contributed by atoms with Gasteiger partial charge in [0, 0.05) is 29.9 Å². The van der Waals surface area contributed by atoms with Crippen LogP contribution in [0.4, 0.5) is 5.82 Å². The van der Waals surface area contributed by atoms with E-state index in [1.165, 1.54) is 19.3 Å². The Hall–Kier alpha value is -3.35. The molecule has 1 saturated carbocycles. The van der Waals surface area contributed by atoms with Gasteiger partial charge in [0.1, 0.15) is 46.7 Å². The van der Waals surface area contributed by atoms with Crippen LogP contribution in [0, 0.1) is 6.92 Å². The average molecular weight is 375 g/mol. The third kappa shape index (κ3) is 2.89. The third-order valence-electron chi connectivity index (χ3n) is 5.25. The van der Waals surface area contributed by atoms with Crippen molar-refractivity contribution in [2.75, 3.05) is 5.73 Å². The van der Waals surface area contributed by atoms with Crippen molar-refractivity contribution in [3.8, 4) is 17.0 Å². The molecule has 3 aromatic heterocycles. The van der Waals surface area contributed by atoms with E-state index in [4.69, 9.17) is 20.0 Å². The van der Waals surface area contributed by atoms with Gasteiger partial charge in [-0.2, -0.15) is 0 Å². The van der Waals surface area contributed by atoms with Gasteiger partial charge in [-0.25, -0.2) is 9.97 Å². The molecule has 1 aliphatic rings. The van der Waals surface area contributed by atoms with Crippen molar-refractivity contribution < 1.29 is 9.26 Å². The first-order valence-corrected chi connectivity index (χ1v) is 9.47. The maximum absolute atomic E-state index is 6.22. The first-order valence-electron chi connectivity index (χ1n) is 9.47. The van der Waals surface area contributed by atoms with Crippen molar-refractivity contribution in [1.29, 1.82) is 0 Å². The molecule has 1 fully saturated rings. The Morgan fingerprint density at radius 2 is 2.18 bits per heavy atom. The fourth-order valence-electron chi connectivity index (χ4n) is 3.62. The molecule has 142 valence electrons. The molecule has 0 atom stereocenters. The second kappa shape index (κ2) is 6.67. The van der Waals surface area contributed by atoms with Crippen LogP contribution in [0.5, 0.6) is 5.75 Å². The molecule has 4 aromatic rings. The van der Waals surface area contributed by atoms with Gasteiger partial charge in [0.2, 0.25) is 0 Å². The van der Waals surface area contributed by atoms with Crippen LogP contribution in [0.15, 0.2) is 47.2 Å². The van der Waals surface area contributed by atoms with Crippen LogP contribution >= 0.6 is 0 Å². The smallest absolute Gasteiger partial charge is 0.150 e. The summed E-state index contributed by atoms with van der Waals surface area (Å²) in [6.07, 6.45) is 7.26. The third-order valence-corrected chi connectivity index (χ3v) is 5.25. The molecule has 3 heterocycles. The molecule has 0 aliphatic heterocycles. The molecule has 5 rings (SSSR count). The molecule has 0 unspecified atom stereocenters. The first-order chi connectivity index (χ1) is 13.7.